The Morgan fingerprint density at radius 2 is 1.81 bits per heavy atom. The number of cyclic esters (lactones) is 1. The average molecular weight is 296 g/mol. The van der Waals surface area contributed by atoms with E-state index in [1.54, 1.807) is 7.11 Å². The highest BCUT2D eigenvalue weighted by Crippen LogP contribution is 2.37. The van der Waals surface area contributed by atoms with Crippen molar-refractivity contribution in [3.63, 3.8) is 0 Å². The molecule has 2 aliphatic rings. The van der Waals surface area contributed by atoms with Crippen LogP contribution in [0.3, 0.4) is 0 Å². The third kappa shape index (κ3) is 4.98. The van der Waals surface area contributed by atoms with E-state index >= 15 is 0 Å². The molecule has 1 aliphatic carbocycles. The molecule has 0 radical (unpaired) electrons. The quantitative estimate of drug-likeness (QED) is 0.513. The molecule has 2 rings (SSSR count). The van der Waals surface area contributed by atoms with Gasteiger partial charge in [-0.25, -0.2) is 0 Å². The van der Waals surface area contributed by atoms with Gasteiger partial charge in [0.15, 0.2) is 0 Å². The molecule has 1 saturated heterocycles. The summed E-state index contributed by atoms with van der Waals surface area (Å²) >= 11 is 0. The molecular formula is C18H32O3. The van der Waals surface area contributed by atoms with E-state index in [0.717, 1.165) is 44.9 Å². The minimum Gasteiger partial charge on any atom is -0.462 e. The lowest BCUT2D eigenvalue weighted by Crippen LogP contribution is -2.37. The van der Waals surface area contributed by atoms with Gasteiger partial charge in [-0.1, -0.05) is 26.2 Å². The van der Waals surface area contributed by atoms with Gasteiger partial charge >= 0.3 is 5.97 Å². The van der Waals surface area contributed by atoms with Crippen LogP contribution >= 0.6 is 0 Å². The molecule has 3 heteroatoms. The van der Waals surface area contributed by atoms with Crippen LogP contribution in [-0.4, -0.2) is 25.3 Å². The number of unbranched alkanes of at least 4 members (excludes halogenated alkanes) is 3. The van der Waals surface area contributed by atoms with Crippen LogP contribution in [0.5, 0.6) is 0 Å². The predicted octanol–water partition coefficient (Wildman–Crippen LogP) is 4.48. The van der Waals surface area contributed by atoms with Crippen molar-refractivity contribution < 1.29 is 14.3 Å². The molecule has 122 valence electrons. The summed E-state index contributed by atoms with van der Waals surface area (Å²) in [7, 11) is 1.79. The van der Waals surface area contributed by atoms with Crippen LogP contribution in [0.1, 0.15) is 77.6 Å². The molecule has 21 heavy (non-hydrogen) atoms. The Hall–Kier alpha value is -0.570. The first-order valence-electron chi connectivity index (χ1n) is 8.97. The fraction of sp³-hybridized carbons (Fsp3) is 0.944. The number of hydrogen-bond donors (Lipinski definition) is 0. The van der Waals surface area contributed by atoms with Crippen molar-refractivity contribution >= 4 is 5.97 Å². The van der Waals surface area contributed by atoms with E-state index in [1.165, 1.54) is 25.7 Å². The van der Waals surface area contributed by atoms with Gasteiger partial charge in [-0.05, 0) is 57.3 Å². The van der Waals surface area contributed by atoms with Gasteiger partial charge < -0.3 is 9.47 Å². The molecule has 0 aromatic heterocycles. The second-order valence-electron chi connectivity index (χ2n) is 6.86. The normalized spacial score (nSPS) is 33.7. The van der Waals surface area contributed by atoms with Gasteiger partial charge in [0, 0.05) is 7.11 Å². The standard InChI is InChI=1S/C18H32O3/c1-3-4-5-6-7-16-12-13-17(18(19)21-16)14-8-10-15(20-2)11-9-14/h14-17H,3-13H2,1-2H3/t14?,15?,16-,17+/m1/s1. The zero-order chi connectivity index (χ0) is 15.1. The zero-order valence-electron chi connectivity index (χ0n) is 13.8. The van der Waals surface area contributed by atoms with Gasteiger partial charge in [-0.15, -0.1) is 0 Å². The Balaban J connectivity index is 1.70. The maximum absolute atomic E-state index is 12.3. The minimum absolute atomic E-state index is 0.0857. The molecule has 1 heterocycles. The zero-order valence-corrected chi connectivity index (χ0v) is 13.8. The van der Waals surface area contributed by atoms with Crippen LogP contribution in [0, 0.1) is 11.8 Å². The van der Waals surface area contributed by atoms with Crippen LogP contribution in [0.25, 0.3) is 0 Å². The van der Waals surface area contributed by atoms with E-state index in [4.69, 9.17) is 9.47 Å². The second kappa shape index (κ2) is 8.77. The highest BCUT2D eigenvalue weighted by Gasteiger charge is 2.37. The van der Waals surface area contributed by atoms with Gasteiger partial charge in [0.05, 0.1) is 12.0 Å². The Morgan fingerprint density at radius 3 is 2.43 bits per heavy atom. The van der Waals surface area contributed by atoms with Crippen molar-refractivity contribution in [2.45, 2.75) is 89.8 Å². The highest BCUT2D eigenvalue weighted by atomic mass is 16.5. The van der Waals surface area contributed by atoms with E-state index < -0.39 is 0 Å². The maximum Gasteiger partial charge on any atom is 0.309 e. The van der Waals surface area contributed by atoms with Crippen LogP contribution < -0.4 is 0 Å². The van der Waals surface area contributed by atoms with Gasteiger partial charge in [0.1, 0.15) is 6.10 Å². The molecule has 0 N–H and O–H groups in total. The second-order valence-corrected chi connectivity index (χ2v) is 6.86. The molecule has 0 aromatic carbocycles. The van der Waals surface area contributed by atoms with E-state index in [0.29, 0.717) is 12.0 Å². The Labute approximate surface area is 129 Å². The molecule has 0 spiro atoms. The molecular weight excluding hydrogens is 264 g/mol. The molecule has 3 nitrogen and oxygen atoms in total. The third-order valence-electron chi connectivity index (χ3n) is 5.39. The fourth-order valence-electron chi connectivity index (χ4n) is 3.95. The molecule has 0 bridgehead atoms. The number of rotatable bonds is 7. The van der Waals surface area contributed by atoms with E-state index in [2.05, 4.69) is 6.92 Å². The third-order valence-corrected chi connectivity index (χ3v) is 5.39. The monoisotopic (exact) mass is 296 g/mol. The predicted molar refractivity (Wildman–Crippen MR) is 84.1 cm³/mol. The van der Waals surface area contributed by atoms with Gasteiger partial charge in [0.2, 0.25) is 0 Å². The van der Waals surface area contributed by atoms with Gasteiger partial charge in [-0.2, -0.15) is 0 Å². The molecule has 1 aliphatic heterocycles. The van der Waals surface area contributed by atoms with Crippen LogP contribution in [-0.2, 0) is 14.3 Å². The van der Waals surface area contributed by atoms with Crippen LogP contribution in [0.2, 0.25) is 0 Å². The lowest BCUT2D eigenvalue weighted by Gasteiger charge is -2.36. The average Bonchev–Trinajstić information content (AvgIpc) is 2.52. The summed E-state index contributed by atoms with van der Waals surface area (Å²) in [6.45, 7) is 2.23. The summed E-state index contributed by atoms with van der Waals surface area (Å²) < 4.78 is 11.1. The topological polar surface area (TPSA) is 35.5 Å². The first kappa shape index (κ1) is 16.8. The van der Waals surface area contributed by atoms with Crippen molar-refractivity contribution in [1.29, 1.82) is 0 Å². The van der Waals surface area contributed by atoms with E-state index in [9.17, 15) is 4.79 Å². The van der Waals surface area contributed by atoms with Gasteiger partial charge in [-0.3, -0.25) is 4.79 Å². The summed E-state index contributed by atoms with van der Waals surface area (Å²) in [5, 5.41) is 0. The Kier molecular flexibility index (Phi) is 7.01. The minimum atomic E-state index is 0.0857. The Morgan fingerprint density at radius 1 is 1.05 bits per heavy atom. The van der Waals surface area contributed by atoms with Crippen molar-refractivity contribution in [1.82, 2.24) is 0 Å². The first-order valence-corrected chi connectivity index (χ1v) is 8.97. The van der Waals surface area contributed by atoms with Gasteiger partial charge in [0.25, 0.3) is 0 Å². The summed E-state index contributed by atoms with van der Waals surface area (Å²) in [6.07, 6.45) is 13.3. The number of carbonyl (C=O) groups is 1. The van der Waals surface area contributed by atoms with E-state index in [1.807, 2.05) is 0 Å². The lowest BCUT2D eigenvalue weighted by molar-refractivity contribution is -0.164. The number of ether oxygens (including phenoxy) is 2. The molecule has 1 saturated carbocycles. The fourth-order valence-corrected chi connectivity index (χ4v) is 3.95. The molecule has 0 aromatic rings. The number of carbonyl (C=O) groups excluding carboxylic acids is 1. The van der Waals surface area contributed by atoms with Crippen LogP contribution in [0.15, 0.2) is 0 Å². The summed E-state index contributed by atoms with van der Waals surface area (Å²) in [6, 6.07) is 0. The lowest BCUT2D eigenvalue weighted by atomic mass is 9.76. The highest BCUT2D eigenvalue weighted by molar-refractivity contribution is 5.73. The van der Waals surface area contributed by atoms with E-state index in [-0.39, 0.29) is 18.0 Å². The molecule has 0 unspecified atom stereocenters. The van der Waals surface area contributed by atoms with Crippen molar-refractivity contribution in [2.24, 2.45) is 11.8 Å². The van der Waals surface area contributed by atoms with Crippen molar-refractivity contribution in [3.05, 3.63) is 0 Å². The number of hydrogen-bond acceptors (Lipinski definition) is 3. The van der Waals surface area contributed by atoms with Crippen molar-refractivity contribution in [3.8, 4) is 0 Å². The SMILES string of the molecule is CCCCCC[C@@H]1CC[C@@H](C2CCC(OC)CC2)C(=O)O1. The molecule has 0 amide bonds. The summed E-state index contributed by atoms with van der Waals surface area (Å²) in [5.41, 5.74) is 0. The van der Waals surface area contributed by atoms with Crippen LogP contribution in [0.4, 0.5) is 0 Å². The molecule has 2 atom stereocenters. The van der Waals surface area contributed by atoms with Crippen molar-refractivity contribution in [2.75, 3.05) is 7.11 Å². The number of esters is 1. The Bertz CT molecular complexity index is 308. The first-order chi connectivity index (χ1) is 10.2. The maximum atomic E-state index is 12.3. The summed E-state index contributed by atoms with van der Waals surface area (Å²) in [4.78, 5) is 12.3. The smallest absolute Gasteiger partial charge is 0.309 e. The largest absolute Gasteiger partial charge is 0.462 e. The number of methoxy groups -OCH3 is 1. The summed E-state index contributed by atoms with van der Waals surface area (Å²) in [5.74, 6) is 0.780. The molecule has 2 fully saturated rings.